The van der Waals surface area contributed by atoms with Gasteiger partial charge in [-0.05, 0) is 31.2 Å². The van der Waals surface area contributed by atoms with Crippen LogP contribution in [0.25, 0.3) is 0 Å². The molecule has 2 aromatic carbocycles. The van der Waals surface area contributed by atoms with Gasteiger partial charge in [0.25, 0.3) is 0 Å². The van der Waals surface area contributed by atoms with Crippen molar-refractivity contribution in [2.45, 2.75) is 32.4 Å². The number of amides is 2. The minimum atomic E-state index is -0.371. The van der Waals surface area contributed by atoms with Crippen LogP contribution < -0.4 is 15.0 Å². The average molecular weight is 391 g/mol. The molecule has 0 fully saturated rings. The standard InChI is InChI=1S/C20H20ClFN2O3/c1-13-12-24(17-10-15(21)6-7-18(17)27-13)20(26)9-8-19(25)23-11-14-4-2-3-5-16(14)22/h2-7,10,13H,8-9,11-12H2,1H3,(H,23,25)/t13-/m1/s1. The van der Waals surface area contributed by atoms with Crippen LogP contribution in [0.2, 0.25) is 5.02 Å². The van der Waals surface area contributed by atoms with E-state index in [1.807, 2.05) is 6.92 Å². The van der Waals surface area contributed by atoms with Gasteiger partial charge in [-0.3, -0.25) is 9.59 Å². The lowest BCUT2D eigenvalue weighted by Crippen LogP contribution is -2.42. The summed E-state index contributed by atoms with van der Waals surface area (Å²) < 4.78 is 19.3. The molecule has 0 aliphatic carbocycles. The first kappa shape index (κ1) is 19.2. The van der Waals surface area contributed by atoms with Gasteiger partial charge in [0.1, 0.15) is 17.7 Å². The Morgan fingerprint density at radius 1 is 1.26 bits per heavy atom. The van der Waals surface area contributed by atoms with Crippen LogP contribution in [0.5, 0.6) is 5.75 Å². The van der Waals surface area contributed by atoms with Crippen molar-refractivity contribution in [2.75, 3.05) is 11.4 Å². The summed E-state index contributed by atoms with van der Waals surface area (Å²) in [5, 5.41) is 3.15. The third-order valence-corrected chi connectivity index (χ3v) is 4.52. The van der Waals surface area contributed by atoms with Gasteiger partial charge < -0.3 is 15.0 Å². The van der Waals surface area contributed by atoms with Crippen molar-refractivity contribution in [1.82, 2.24) is 5.32 Å². The fraction of sp³-hybridized carbons (Fsp3) is 0.300. The Morgan fingerprint density at radius 3 is 2.81 bits per heavy atom. The van der Waals surface area contributed by atoms with Crippen molar-refractivity contribution in [3.05, 3.63) is 58.9 Å². The van der Waals surface area contributed by atoms with Crippen molar-refractivity contribution >= 4 is 29.1 Å². The van der Waals surface area contributed by atoms with Gasteiger partial charge in [-0.1, -0.05) is 29.8 Å². The predicted octanol–water partition coefficient (Wildman–Crippen LogP) is 3.69. The summed E-state index contributed by atoms with van der Waals surface area (Å²) in [5.74, 6) is -0.269. The highest BCUT2D eigenvalue weighted by molar-refractivity contribution is 6.31. The molecule has 0 spiro atoms. The molecule has 0 aromatic heterocycles. The van der Waals surface area contributed by atoms with Crippen LogP contribution in [-0.2, 0) is 16.1 Å². The van der Waals surface area contributed by atoms with Gasteiger partial charge in [-0.2, -0.15) is 0 Å². The molecule has 0 saturated heterocycles. The first-order valence-corrected chi connectivity index (χ1v) is 9.08. The molecule has 3 rings (SSSR count). The number of ether oxygens (including phenoxy) is 1. The van der Waals surface area contributed by atoms with Crippen LogP contribution in [0.1, 0.15) is 25.3 Å². The van der Waals surface area contributed by atoms with Gasteiger partial charge in [-0.25, -0.2) is 4.39 Å². The number of hydrogen-bond donors (Lipinski definition) is 1. The Labute approximate surface area is 162 Å². The van der Waals surface area contributed by atoms with Gasteiger partial charge >= 0.3 is 0 Å². The molecule has 1 atom stereocenters. The number of nitrogens with one attached hydrogen (secondary N) is 1. The molecule has 1 N–H and O–H groups in total. The van der Waals surface area contributed by atoms with E-state index in [-0.39, 0.29) is 43.1 Å². The van der Waals surface area contributed by atoms with E-state index < -0.39 is 0 Å². The molecule has 0 saturated carbocycles. The van der Waals surface area contributed by atoms with Crippen LogP contribution >= 0.6 is 11.6 Å². The predicted molar refractivity (Wildman–Crippen MR) is 101 cm³/mol. The number of carbonyl (C=O) groups is 2. The minimum absolute atomic E-state index is 0.0227. The molecular formula is C20H20ClFN2O3. The summed E-state index contributed by atoms with van der Waals surface area (Å²) in [6.45, 7) is 2.36. The maximum Gasteiger partial charge on any atom is 0.227 e. The molecule has 1 heterocycles. The molecule has 1 aliphatic heterocycles. The Kier molecular flexibility index (Phi) is 5.96. The van der Waals surface area contributed by atoms with E-state index in [9.17, 15) is 14.0 Å². The molecular weight excluding hydrogens is 371 g/mol. The first-order valence-electron chi connectivity index (χ1n) is 8.70. The summed E-state index contributed by atoms with van der Waals surface area (Å²) in [6, 6.07) is 11.4. The second-order valence-corrected chi connectivity index (χ2v) is 6.85. The van der Waals surface area contributed by atoms with Gasteiger partial charge in [-0.15, -0.1) is 0 Å². The Morgan fingerprint density at radius 2 is 2.04 bits per heavy atom. The lowest BCUT2D eigenvalue weighted by atomic mass is 10.1. The number of carbonyl (C=O) groups excluding carboxylic acids is 2. The zero-order valence-corrected chi connectivity index (χ0v) is 15.6. The quantitative estimate of drug-likeness (QED) is 0.847. The first-order chi connectivity index (χ1) is 12.9. The van der Waals surface area contributed by atoms with E-state index in [1.54, 1.807) is 41.3 Å². The van der Waals surface area contributed by atoms with Gasteiger partial charge in [0.2, 0.25) is 11.8 Å². The van der Waals surface area contributed by atoms with Crippen molar-refractivity contribution in [3.8, 4) is 5.75 Å². The number of fused-ring (bicyclic) bond motifs is 1. The zero-order chi connectivity index (χ0) is 19.4. The molecule has 142 valence electrons. The third kappa shape index (κ3) is 4.77. The van der Waals surface area contributed by atoms with Crippen LogP contribution in [0.3, 0.4) is 0 Å². The highest BCUT2D eigenvalue weighted by Gasteiger charge is 2.27. The third-order valence-electron chi connectivity index (χ3n) is 4.28. The molecule has 7 heteroatoms. The summed E-state index contributed by atoms with van der Waals surface area (Å²) in [4.78, 5) is 26.3. The maximum atomic E-state index is 13.6. The second kappa shape index (κ2) is 8.39. The Bertz CT molecular complexity index is 859. The topological polar surface area (TPSA) is 58.6 Å². The SMILES string of the molecule is C[C@@H]1CN(C(=O)CCC(=O)NCc2ccccc2F)c2cc(Cl)ccc2O1. The smallest absolute Gasteiger partial charge is 0.227 e. The lowest BCUT2D eigenvalue weighted by molar-refractivity contribution is -0.125. The monoisotopic (exact) mass is 390 g/mol. The Hall–Kier alpha value is -2.60. The van der Waals surface area contributed by atoms with E-state index in [0.717, 1.165) is 0 Å². The van der Waals surface area contributed by atoms with E-state index in [2.05, 4.69) is 5.32 Å². The van der Waals surface area contributed by atoms with Crippen LogP contribution in [0.4, 0.5) is 10.1 Å². The van der Waals surface area contributed by atoms with E-state index in [1.165, 1.54) is 6.07 Å². The second-order valence-electron chi connectivity index (χ2n) is 6.41. The summed E-state index contributed by atoms with van der Waals surface area (Å²) in [6.07, 6.45) is -0.0889. The molecule has 5 nitrogen and oxygen atoms in total. The summed E-state index contributed by atoms with van der Waals surface area (Å²) >= 11 is 6.03. The van der Waals surface area contributed by atoms with Crippen LogP contribution in [-0.4, -0.2) is 24.5 Å². The van der Waals surface area contributed by atoms with Crippen LogP contribution in [0, 0.1) is 5.82 Å². The van der Waals surface area contributed by atoms with Crippen molar-refractivity contribution in [3.63, 3.8) is 0 Å². The number of benzene rings is 2. The Balaban J connectivity index is 1.57. The lowest BCUT2D eigenvalue weighted by Gasteiger charge is -2.33. The van der Waals surface area contributed by atoms with Crippen molar-refractivity contribution < 1.29 is 18.7 Å². The van der Waals surface area contributed by atoms with Crippen molar-refractivity contribution in [1.29, 1.82) is 0 Å². The highest BCUT2D eigenvalue weighted by Crippen LogP contribution is 2.36. The molecule has 27 heavy (non-hydrogen) atoms. The van der Waals surface area contributed by atoms with Crippen LogP contribution in [0.15, 0.2) is 42.5 Å². The van der Waals surface area contributed by atoms with E-state index in [4.69, 9.17) is 16.3 Å². The zero-order valence-electron chi connectivity index (χ0n) is 14.9. The normalized spacial score (nSPS) is 15.7. The molecule has 0 bridgehead atoms. The largest absolute Gasteiger partial charge is 0.487 e. The maximum absolute atomic E-state index is 13.6. The highest BCUT2D eigenvalue weighted by atomic mass is 35.5. The molecule has 2 amide bonds. The van der Waals surface area contributed by atoms with Gasteiger partial charge in [0, 0.05) is 30.0 Å². The number of rotatable bonds is 5. The number of nitrogens with zero attached hydrogens (tertiary/aromatic N) is 1. The van der Waals surface area contributed by atoms with Gasteiger partial charge in [0.05, 0.1) is 12.2 Å². The fourth-order valence-corrected chi connectivity index (χ4v) is 3.09. The summed E-state index contributed by atoms with van der Waals surface area (Å²) in [5.41, 5.74) is 1.01. The van der Waals surface area contributed by atoms with E-state index >= 15 is 0 Å². The van der Waals surface area contributed by atoms with E-state index in [0.29, 0.717) is 28.6 Å². The summed E-state index contributed by atoms with van der Waals surface area (Å²) in [7, 11) is 0. The molecule has 1 aliphatic rings. The average Bonchev–Trinajstić information content (AvgIpc) is 2.65. The number of hydrogen-bond acceptors (Lipinski definition) is 3. The molecule has 0 unspecified atom stereocenters. The minimum Gasteiger partial charge on any atom is -0.487 e. The number of anilines is 1. The fourth-order valence-electron chi connectivity index (χ4n) is 2.93. The molecule has 0 radical (unpaired) electrons. The van der Waals surface area contributed by atoms with Gasteiger partial charge in [0.15, 0.2) is 0 Å². The van der Waals surface area contributed by atoms with Crippen molar-refractivity contribution in [2.24, 2.45) is 0 Å². The molecule has 2 aromatic rings. The number of halogens is 2.